The second kappa shape index (κ2) is 7.39. The van der Waals surface area contributed by atoms with E-state index in [1.165, 1.54) is 24.0 Å². The van der Waals surface area contributed by atoms with Crippen molar-refractivity contribution in [2.75, 3.05) is 12.4 Å². The highest BCUT2D eigenvalue weighted by atomic mass is 16.5. The van der Waals surface area contributed by atoms with E-state index in [9.17, 15) is 4.79 Å². The van der Waals surface area contributed by atoms with Crippen LogP contribution in [0.15, 0.2) is 42.5 Å². The normalized spacial score (nSPS) is 13.9. The first-order valence-corrected chi connectivity index (χ1v) is 8.44. The molecule has 1 amide bonds. The van der Waals surface area contributed by atoms with Crippen molar-refractivity contribution in [3.05, 3.63) is 59.2 Å². The van der Waals surface area contributed by atoms with Crippen LogP contribution in [0, 0.1) is 0 Å². The van der Waals surface area contributed by atoms with Crippen molar-refractivity contribution in [1.29, 1.82) is 0 Å². The molecular weight excluding hydrogens is 300 g/mol. The van der Waals surface area contributed by atoms with Crippen molar-refractivity contribution in [3.8, 4) is 5.75 Å². The minimum absolute atomic E-state index is 0.00804. The molecule has 24 heavy (non-hydrogen) atoms. The SMILES string of the molecule is COc1ccc(CNC(=O)[C@@H](C)Nc2ccc3c(c2)CCC3)cc1. The van der Waals surface area contributed by atoms with E-state index >= 15 is 0 Å². The Bertz CT molecular complexity index is 710. The number of aryl methyl sites for hydroxylation is 2. The molecular formula is C20H24N2O2. The number of anilines is 1. The number of methoxy groups -OCH3 is 1. The average molecular weight is 324 g/mol. The third kappa shape index (κ3) is 3.88. The Labute approximate surface area is 143 Å². The predicted octanol–water partition coefficient (Wildman–Crippen LogP) is 3.30. The van der Waals surface area contributed by atoms with E-state index in [2.05, 4.69) is 28.8 Å². The lowest BCUT2D eigenvalue weighted by Gasteiger charge is -2.16. The molecule has 0 unspecified atom stereocenters. The molecule has 2 aromatic carbocycles. The number of fused-ring (bicyclic) bond motifs is 1. The number of hydrogen-bond acceptors (Lipinski definition) is 3. The number of carbonyl (C=O) groups is 1. The molecule has 2 N–H and O–H groups in total. The van der Waals surface area contributed by atoms with E-state index in [0.29, 0.717) is 6.54 Å². The second-order valence-corrected chi connectivity index (χ2v) is 6.27. The number of rotatable bonds is 6. The zero-order valence-electron chi connectivity index (χ0n) is 14.3. The van der Waals surface area contributed by atoms with Gasteiger partial charge in [-0.25, -0.2) is 0 Å². The first-order valence-electron chi connectivity index (χ1n) is 8.44. The van der Waals surface area contributed by atoms with E-state index in [4.69, 9.17) is 4.74 Å². The molecule has 126 valence electrons. The quantitative estimate of drug-likeness (QED) is 0.857. The van der Waals surface area contributed by atoms with Gasteiger partial charge in [0.05, 0.1) is 7.11 Å². The van der Waals surface area contributed by atoms with E-state index in [0.717, 1.165) is 23.4 Å². The maximum atomic E-state index is 12.3. The molecule has 3 rings (SSSR count). The number of hydrogen-bond donors (Lipinski definition) is 2. The van der Waals surface area contributed by atoms with Crippen molar-refractivity contribution < 1.29 is 9.53 Å². The maximum Gasteiger partial charge on any atom is 0.242 e. The van der Waals surface area contributed by atoms with E-state index in [-0.39, 0.29) is 11.9 Å². The third-order valence-corrected chi connectivity index (χ3v) is 4.50. The Balaban J connectivity index is 1.52. The van der Waals surface area contributed by atoms with Crippen LogP contribution in [0.5, 0.6) is 5.75 Å². The lowest BCUT2D eigenvalue weighted by molar-refractivity contribution is -0.121. The van der Waals surface area contributed by atoms with Crippen LogP contribution in [0.4, 0.5) is 5.69 Å². The Morgan fingerprint density at radius 2 is 1.88 bits per heavy atom. The summed E-state index contributed by atoms with van der Waals surface area (Å²) in [6.07, 6.45) is 3.55. The molecule has 0 heterocycles. The van der Waals surface area contributed by atoms with Crippen molar-refractivity contribution in [3.63, 3.8) is 0 Å². The Morgan fingerprint density at radius 3 is 2.62 bits per heavy atom. The molecule has 0 spiro atoms. The predicted molar refractivity (Wildman–Crippen MR) is 96.4 cm³/mol. The van der Waals surface area contributed by atoms with E-state index in [1.807, 2.05) is 31.2 Å². The summed E-state index contributed by atoms with van der Waals surface area (Å²) in [5, 5.41) is 6.26. The topological polar surface area (TPSA) is 50.4 Å². The van der Waals surface area contributed by atoms with Crippen LogP contribution in [0.1, 0.15) is 30.0 Å². The van der Waals surface area contributed by atoms with Crippen LogP contribution in [-0.4, -0.2) is 19.1 Å². The first kappa shape index (κ1) is 16.4. The van der Waals surface area contributed by atoms with Crippen molar-refractivity contribution >= 4 is 11.6 Å². The summed E-state index contributed by atoms with van der Waals surface area (Å²) in [5.41, 5.74) is 4.92. The van der Waals surface area contributed by atoms with Crippen LogP contribution in [0.3, 0.4) is 0 Å². The molecule has 0 fully saturated rings. The fraction of sp³-hybridized carbons (Fsp3) is 0.350. The zero-order chi connectivity index (χ0) is 16.9. The summed E-state index contributed by atoms with van der Waals surface area (Å²) in [7, 11) is 1.64. The highest BCUT2D eigenvalue weighted by Crippen LogP contribution is 2.25. The molecule has 1 atom stereocenters. The van der Waals surface area contributed by atoms with Gasteiger partial charge in [-0.05, 0) is 67.1 Å². The fourth-order valence-electron chi connectivity index (χ4n) is 3.06. The number of carbonyl (C=O) groups excluding carboxylic acids is 1. The van der Waals surface area contributed by atoms with Crippen LogP contribution < -0.4 is 15.4 Å². The Kier molecular flexibility index (Phi) is 5.04. The van der Waals surface area contributed by atoms with E-state index < -0.39 is 0 Å². The largest absolute Gasteiger partial charge is 0.497 e. The first-order chi connectivity index (χ1) is 11.7. The minimum atomic E-state index is -0.275. The van der Waals surface area contributed by atoms with Crippen molar-refractivity contribution in [2.24, 2.45) is 0 Å². The lowest BCUT2D eigenvalue weighted by Crippen LogP contribution is -2.37. The van der Waals surface area contributed by atoms with Gasteiger partial charge in [-0.3, -0.25) is 4.79 Å². The van der Waals surface area contributed by atoms with Gasteiger partial charge < -0.3 is 15.4 Å². The summed E-state index contributed by atoms with van der Waals surface area (Å²) in [4.78, 5) is 12.3. The van der Waals surface area contributed by atoms with Crippen LogP contribution in [0.25, 0.3) is 0 Å². The summed E-state index contributed by atoms with van der Waals surface area (Å²) >= 11 is 0. The van der Waals surface area contributed by atoms with Gasteiger partial charge in [-0.1, -0.05) is 18.2 Å². The van der Waals surface area contributed by atoms with Gasteiger partial charge in [0, 0.05) is 12.2 Å². The lowest BCUT2D eigenvalue weighted by atomic mass is 10.1. The number of ether oxygens (including phenoxy) is 1. The molecule has 0 radical (unpaired) electrons. The van der Waals surface area contributed by atoms with Gasteiger partial charge >= 0.3 is 0 Å². The molecule has 0 aromatic heterocycles. The summed E-state index contributed by atoms with van der Waals surface area (Å²) in [5.74, 6) is 0.808. The van der Waals surface area contributed by atoms with Gasteiger partial charge in [-0.15, -0.1) is 0 Å². The third-order valence-electron chi connectivity index (χ3n) is 4.50. The van der Waals surface area contributed by atoms with Crippen LogP contribution >= 0.6 is 0 Å². The maximum absolute atomic E-state index is 12.3. The average Bonchev–Trinajstić information content (AvgIpc) is 3.07. The highest BCUT2D eigenvalue weighted by molar-refractivity contribution is 5.84. The van der Waals surface area contributed by atoms with Gasteiger partial charge in [-0.2, -0.15) is 0 Å². The Morgan fingerprint density at radius 1 is 1.12 bits per heavy atom. The number of nitrogens with one attached hydrogen (secondary N) is 2. The van der Waals surface area contributed by atoms with E-state index in [1.54, 1.807) is 7.11 Å². The summed E-state index contributed by atoms with van der Waals surface area (Å²) in [6, 6.07) is 13.8. The molecule has 0 aliphatic heterocycles. The number of amides is 1. The van der Waals surface area contributed by atoms with Gasteiger partial charge in [0.15, 0.2) is 0 Å². The van der Waals surface area contributed by atoms with Gasteiger partial charge in [0.25, 0.3) is 0 Å². The van der Waals surface area contributed by atoms with Crippen LogP contribution in [0.2, 0.25) is 0 Å². The molecule has 2 aromatic rings. The minimum Gasteiger partial charge on any atom is -0.497 e. The molecule has 4 nitrogen and oxygen atoms in total. The monoisotopic (exact) mass is 324 g/mol. The van der Waals surface area contributed by atoms with Gasteiger partial charge in [0.1, 0.15) is 11.8 Å². The number of benzene rings is 2. The molecule has 0 saturated carbocycles. The standard InChI is InChI=1S/C20H24N2O2/c1-14(22-18-9-8-16-4-3-5-17(16)12-18)20(23)21-13-15-6-10-19(24-2)11-7-15/h6-12,14,22H,3-5,13H2,1-2H3,(H,21,23)/t14-/m1/s1. The zero-order valence-corrected chi connectivity index (χ0v) is 14.3. The molecule has 4 heteroatoms. The van der Waals surface area contributed by atoms with Crippen molar-refractivity contribution in [1.82, 2.24) is 5.32 Å². The highest BCUT2D eigenvalue weighted by Gasteiger charge is 2.15. The van der Waals surface area contributed by atoms with Gasteiger partial charge in [0.2, 0.25) is 5.91 Å². The molecule has 1 aliphatic rings. The van der Waals surface area contributed by atoms with Crippen molar-refractivity contribution in [2.45, 2.75) is 38.8 Å². The smallest absolute Gasteiger partial charge is 0.242 e. The second-order valence-electron chi connectivity index (χ2n) is 6.27. The molecule has 0 bridgehead atoms. The Hall–Kier alpha value is -2.49. The molecule has 1 aliphatic carbocycles. The summed E-state index contributed by atoms with van der Waals surface area (Å²) in [6.45, 7) is 2.40. The fourth-order valence-corrected chi connectivity index (χ4v) is 3.06. The summed E-state index contributed by atoms with van der Waals surface area (Å²) < 4.78 is 5.13. The molecule has 0 saturated heterocycles. The van der Waals surface area contributed by atoms with Crippen LogP contribution in [-0.2, 0) is 24.2 Å².